The number of nitrogens with zero attached hydrogens (tertiary/aromatic N) is 1. The van der Waals surface area contributed by atoms with E-state index in [2.05, 4.69) is 17.2 Å². The molecule has 2 rings (SSSR count). The summed E-state index contributed by atoms with van der Waals surface area (Å²) in [6.45, 7) is 2.78. The Morgan fingerprint density at radius 3 is 2.95 bits per heavy atom. The average molecular weight is 318 g/mol. The minimum atomic E-state index is -0.0233. The number of halogens is 1. The third-order valence-corrected chi connectivity index (χ3v) is 4.80. The molecule has 1 amide bonds. The SMILES string of the molecule is CCC1CCCCC1NC(=O)c1csc(CCN)n1.Cl. The highest BCUT2D eigenvalue weighted by molar-refractivity contribution is 7.09. The van der Waals surface area contributed by atoms with E-state index in [0.717, 1.165) is 24.3 Å². The van der Waals surface area contributed by atoms with Gasteiger partial charge >= 0.3 is 0 Å². The summed E-state index contributed by atoms with van der Waals surface area (Å²) in [5.74, 6) is 0.602. The number of carbonyl (C=O) groups excluding carboxylic acids is 1. The lowest BCUT2D eigenvalue weighted by molar-refractivity contribution is 0.0900. The maximum atomic E-state index is 12.2. The molecular weight excluding hydrogens is 294 g/mol. The first-order valence-electron chi connectivity index (χ1n) is 7.20. The van der Waals surface area contributed by atoms with Gasteiger partial charge in [0.2, 0.25) is 0 Å². The Hall–Kier alpha value is -0.650. The van der Waals surface area contributed by atoms with Crippen LogP contribution in [0.1, 0.15) is 54.5 Å². The molecule has 1 aliphatic rings. The number of hydrogen-bond acceptors (Lipinski definition) is 4. The molecule has 6 heteroatoms. The molecule has 1 aromatic rings. The van der Waals surface area contributed by atoms with Gasteiger partial charge in [-0.25, -0.2) is 4.98 Å². The van der Waals surface area contributed by atoms with Crippen LogP contribution in [0.2, 0.25) is 0 Å². The monoisotopic (exact) mass is 317 g/mol. The van der Waals surface area contributed by atoms with Gasteiger partial charge in [-0.1, -0.05) is 26.2 Å². The first-order valence-corrected chi connectivity index (χ1v) is 8.08. The van der Waals surface area contributed by atoms with Crippen LogP contribution in [0.15, 0.2) is 5.38 Å². The van der Waals surface area contributed by atoms with Crippen LogP contribution in [0.25, 0.3) is 0 Å². The lowest BCUT2D eigenvalue weighted by Crippen LogP contribution is -2.42. The third-order valence-electron chi connectivity index (χ3n) is 3.89. The largest absolute Gasteiger partial charge is 0.348 e. The fourth-order valence-corrected chi connectivity index (χ4v) is 3.58. The number of hydrogen-bond donors (Lipinski definition) is 2. The van der Waals surface area contributed by atoms with Crippen LogP contribution in [0.3, 0.4) is 0 Å². The van der Waals surface area contributed by atoms with E-state index in [1.54, 1.807) is 0 Å². The lowest BCUT2D eigenvalue weighted by atomic mass is 9.83. The van der Waals surface area contributed by atoms with Gasteiger partial charge in [0, 0.05) is 17.8 Å². The van der Waals surface area contributed by atoms with Gasteiger partial charge in [-0.15, -0.1) is 23.7 Å². The Kier molecular flexibility index (Phi) is 7.48. The molecule has 0 bridgehead atoms. The average Bonchev–Trinajstić information content (AvgIpc) is 2.88. The zero-order valence-corrected chi connectivity index (χ0v) is 13.6. The molecule has 2 unspecified atom stereocenters. The zero-order valence-electron chi connectivity index (χ0n) is 11.9. The molecule has 4 nitrogen and oxygen atoms in total. The van der Waals surface area contributed by atoms with Crippen LogP contribution >= 0.6 is 23.7 Å². The second-order valence-electron chi connectivity index (χ2n) is 5.20. The fraction of sp³-hybridized carbons (Fsp3) is 0.714. The van der Waals surface area contributed by atoms with Gasteiger partial charge in [-0.3, -0.25) is 4.79 Å². The molecule has 114 valence electrons. The molecule has 1 aliphatic carbocycles. The molecule has 0 radical (unpaired) electrons. The van der Waals surface area contributed by atoms with Crippen molar-refractivity contribution in [2.24, 2.45) is 11.7 Å². The minimum absolute atomic E-state index is 0. The summed E-state index contributed by atoms with van der Waals surface area (Å²) >= 11 is 1.52. The Labute approximate surface area is 131 Å². The van der Waals surface area contributed by atoms with Crippen molar-refractivity contribution in [3.8, 4) is 0 Å². The molecule has 1 heterocycles. The first-order chi connectivity index (χ1) is 9.24. The van der Waals surface area contributed by atoms with Crippen LogP contribution in [0, 0.1) is 5.92 Å². The van der Waals surface area contributed by atoms with Crippen LogP contribution in [-0.4, -0.2) is 23.5 Å². The Morgan fingerprint density at radius 2 is 2.25 bits per heavy atom. The van der Waals surface area contributed by atoms with E-state index in [9.17, 15) is 4.79 Å². The number of thiazole rings is 1. The number of amides is 1. The van der Waals surface area contributed by atoms with Crippen molar-refractivity contribution in [1.82, 2.24) is 10.3 Å². The molecule has 0 saturated heterocycles. The van der Waals surface area contributed by atoms with Crippen LogP contribution in [0.5, 0.6) is 0 Å². The topological polar surface area (TPSA) is 68.0 Å². The van der Waals surface area contributed by atoms with Gasteiger partial charge in [-0.05, 0) is 25.3 Å². The lowest BCUT2D eigenvalue weighted by Gasteiger charge is -2.31. The number of rotatable bonds is 5. The summed E-state index contributed by atoms with van der Waals surface area (Å²) in [6, 6.07) is 0.325. The van der Waals surface area contributed by atoms with E-state index >= 15 is 0 Å². The highest BCUT2D eigenvalue weighted by Crippen LogP contribution is 2.27. The summed E-state index contributed by atoms with van der Waals surface area (Å²) in [6.07, 6.45) is 6.74. The summed E-state index contributed by atoms with van der Waals surface area (Å²) in [4.78, 5) is 16.5. The van der Waals surface area contributed by atoms with Crippen LogP contribution in [0.4, 0.5) is 0 Å². The molecule has 20 heavy (non-hydrogen) atoms. The van der Waals surface area contributed by atoms with E-state index in [4.69, 9.17) is 5.73 Å². The Morgan fingerprint density at radius 1 is 1.50 bits per heavy atom. The van der Waals surface area contributed by atoms with Crippen molar-refractivity contribution in [3.05, 3.63) is 16.1 Å². The van der Waals surface area contributed by atoms with E-state index in [-0.39, 0.29) is 18.3 Å². The van der Waals surface area contributed by atoms with Crippen molar-refractivity contribution in [2.75, 3.05) is 6.54 Å². The van der Waals surface area contributed by atoms with E-state index in [0.29, 0.717) is 24.2 Å². The highest BCUT2D eigenvalue weighted by Gasteiger charge is 2.25. The van der Waals surface area contributed by atoms with Gasteiger partial charge < -0.3 is 11.1 Å². The molecule has 3 N–H and O–H groups in total. The van der Waals surface area contributed by atoms with Gasteiger partial charge in [0.05, 0.1) is 5.01 Å². The molecule has 0 aromatic carbocycles. The number of nitrogens with two attached hydrogens (primary N) is 1. The molecular formula is C14H24ClN3OS. The van der Waals surface area contributed by atoms with Gasteiger partial charge in [0.25, 0.3) is 5.91 Å². The Bertz CT molecular complexity index is 424. The normalized spacial score (nSPS) is 22.1. The van der Waals surface area contributed by atoms with Gasteiger partial charge in [0.1, 0.15) is 5.69 Å². The molecule has 0 aliphatic heterocycles. The Balaban J connectivity index is 0.00000200. The maximum absolute atomic E-state index is 12.2. The number of aromatic nitrogens is 1. The third kappa shape index (κ3) is 4.43. The smallest absolute Gasteiger partial charge is 0.270 e. The molecule has 2 atom stereocenters. The van der Waals surface area contributed by atoms with Gasteiger partial charge in [-0.2, -0.15) is 0 Å². The van der Waals surface area contributed by atoms with Crippen LogP contribution in [-0.2, 0) is 6.42 Å². The van der Waals surface area contributed by atoms with Crippen molar-refractivity contribution in [2.45, 2.75) is 51.5 Å². The second-order valence-corrected chi connectivity index (χ2v) is 6.14. The van der Waals surface area contributed by atoms with Crippen molar-refractivity contribution >= 4 is 29.7 Å². The number of carbonyl (C=O) groups is 1. The van der Waals surface area contributed by atoms with E-state index in [1.807, 2.05) is 5.38 Å². The zero-order chi connectivity index (χ0) is 13.7. The first kappa shape index (κ1) is 17.4. The van der Waals surface area contributed by atoms with E-state index in [1.165, 1.54) is 30.6 Å². The highest BCUT2D eigenvalue weighted by atomic mass is 35.5. The molecule has 1 fully saturated rings. The predicted molar refractivity (Wildman–Crippen MR) is 85.6 cm³/mol. The van der Waals surface area contributed by atoms with Crippen LogP contribution < -0.4 is 11.1 Å². The van der Waals surface area contributed by atoms with Crippen molar-refractivity contribution in [3.63, 3.8) is 0 Å². The summed E-state index contributed by atoms with van der Waals surface area (Å²) < 4.78 is 0. The number of nitrogens with one attached hydrogen (secondary N) is 1. The summed E-state index contributed by atoms with van der Waals surface area (Å²) in [5, 5.41) is 5.95. The second kappa shape index (κ2) is 8.60. The summed E-state index contributed by atoms with van der Waals surface area (Å²) in [5.41, 5.74) is 6.05. The standard InChI is InChI=1S/C14H23N3OS.ClH/c1-2-10-5-3-4-6-11(10)17-14(18)12-9-19-13(16-12)7-8-15;/h9-11H,2-8,15H2,1H3,(H,17,18);1H. The predicted octanol–water partition coefficient (Wildman–Crippen LogP) is 2.76. The minimum Gasteiger partial charge on any atom is -0.348 e. The molecule has 0 spiro atoms. The van der Waals surface area contributed by atoms with E-state index < -0.39 is 0 Å². The maximum Gasteiger partial charge on any atom is 0.270 e. The quantitative estimate of drug-likeness (QED) is 0.877. The fourth-order valence-electron chi connectivity index (χ4n) is 2.78. The molecule has 1 aromatic heterocycles. The van der Waals surface area contributed by atoms with Crippen molar-refractivity contribution < 1.29 is 4.79 Å². The molecule has 1 saturated carbocycles. The summed E-state index contributed by atoms with van der Waals surface area (Å²) in [7, 11) is 0. The van der Waals surface area contributed by atoms with Gasteiger partial charge in [0.15, 0.2) is 0 Å². The van der Waals surface area contributed by atoms with Crippen molar-refractivity contribution in [1.29, 1.82) is 0 Å².